The Bertz CT molecular complexity index is 855. The highest BCUT2D eigenvalue weighted by Crippen LogP contribution is 2.31. The smallest absolute Gasteiger partial charge is 0.262 e. The molecule has 0 aromatic carbocycles. The average molecular weight is 443 g/mol. The zero-order chi connectivity index (χ0) is 21.3. The van der Waals surface area contributed by atoms with E-state index in [4.69, 9.17) is 9.47 Å². The van der Waals surface area contributed by atoms with Crippen molar-refractivity contribution >= 4 is 15.9 Å². The van der Waals surface area contributed by atoms with E-state index in [0.717, 1.165) is 19.3 Å². The lowest BCUT2D eigenvalue weighted by atomic mass is 9.92. The first-order valence-corrected chi connectivity index (χ1v) is 12.0. The van der Waals surface area contributed by atoms with Gasteiger partial charge in [-0.3, -0.25) is 4.79 Å². The second-order valence-electron chi connectivity index (χ2n) is 8.48. The van der Waals surface area contributed by atoms with E-state index in [1.54, 1.807) is 11.6 Å². The maximum Gasteiger partial charge on any atom is 0.262 e. The van der Waals surface area contributed by atoms with E-state index in [-0.39, 0.29) is 49.3 Å². The number of rotatable bonds is 5. The predicted octanol–water partition coefficient (Wildman–Crippen LogP) is -0.223. The lowest BCUT2D eigenvalue weighted by Crippen LogP contribution is -2.57. The van der Waals surface area contributed by atoms with E-state index < -0.39 is 28.3 Å². The van der Waals surface area contributed by atoms with Gasteiger partial charge in [-0.2, -0.15) is 4.31 Å². The molecule has 11 heteroatoms. The molecule has 0 radical (unpaired) electrons. The topological polar surface area (TPSA) is 123 Å². The van der Waals surface area contributed by atoms with Crippen molar-refractivity contribution in [2.75, 3.05) is 19.8 Å². The van der Waals surface area contributed by atoms with Crippen LogP contribution in [0.25, 0.3) is 0 Å². The molecule has 3 fully saturated rings. The molecule has 1 aliphatic carbocycles. The van der Waals surface area contributed by atoms with Gasteiger partial charge in [-0.05, 0) is 32.1 Å². The van der Waals surface area contributed by atoms with Crippen LogP contribution >= 0.6 is 0 Å². The number of hydrogen-bond acceptors (Lipinski definition) is 7. The highest BCUT2D eigenvalue weighted by molar-refractivity contribution is 7.89. The number of carbonyl (C=O) groups is 1. The molecule has 30 heavy (non-hydrogen) atoms. The molecule has 2 N–H and O–H groups in total. The van der Waals surface area contributed by atoms with E-state index in [2.05, 4.69) is 10.3 Å². The van der Waals surface area contributed by atoms with Crippen LogP contribution in [0.5, 0.6) is 0 Å². The molecule has 1 aromatic rings. The molecule has 3 aliphatic rings. The van der Waals surface area contributed by atoms with Gasteiger partial charge in [0.15, 0.2) is 5.03 Å². The summed E-state index contributed by atoms with van der Waals surface area (Å²) in [5.41, 5.74) is 0. The molecule has 2 aliphatic heterocycles. The number of aryl methyl sites for hydroxylation is 1. The van der Waals surface area contributed by atoms with Gasteiger partial charge in [0.1, 0.15) is 0 Å². The number of ether oxygens (including phenoxy) is 2. The number of imidazole rings is 1. The number of hydrogen-bond donors (Lipinski definition) is 2. The highest BCUT2D eigenvalue weighted by Gasteiger charge is 2.44. The van der Waals surface area contributed by atoms with Crippen LogP contribution in [-0.2, 0) is 31.3 Å². The molecule has 10 nitrogen and oxygen atoms in total. The summed E-state index contributed by atoms with van der Waals surface area (Å²) < 4.78 is 41.1. The minimum atomic E-state index is -3.91. The average Bonchev–Trinajstić information content (AvgIpc) is 3.09. The summed E-state index contributed by atoms with van der Waals surface area (Å²) in [5.74, 6) is -0.0247. The first kappa shape index (κ1) is 21.7. The molecule has 4 rings (SSSR count). The van der Waals surface area contributed by atoms with E-state index in [0.29, 0.717) is 12.8 Å². The Kier molecular flexibility index (Phi) is 6.44. The lowest BCUT2D eigenvalue weighted by Gasteiger charge is -2.43. The Morgan fingerprint density at radius 1 is 1.30 bits per heavy atom. The molecular formula is C19H30N4O6S. The van der Waals surface area contributed by atoms with Crippen molar-refractivity contribution in [3.05, 3.63) is 12.5 Å². The van der Waals surface area contributed by atoms with Crippen LogP contribution in [0.15, 0.2) is 17.6 Å². The third kappa shape index (κ3) is 4.70. The number of amides is 1. The molecule has 1 saturated carbocycles. The highest BCUT2D eigenvalue weighted by atomic mass is 32.2. The summed E-state index contributed by atoms with van der Waals surface area (Å²) in [6.07, 6.45) is 5.70. The Balaban J connectivity index is 1.47. The molecule has 2 saturated heterocycles. The standard InChI is InChI=1S/C19H30N4O6S/c1-22-9-19(20-12-22)30(26,27)23-8-14(24)10-28-11-17-16(23)6-5-15(29-17)7-18(25)21-13-3-2-4-13/h9,12-17,24H,2-8,10-11H2,1H3,(H,21,25)/t14-,15-,16-,17+/m1/s1. The maximum absolute atomic E-state index is 13.3. The Morgan fingerprint density at radius 3 is 2.77 bits per heavy atom. The fraction of sp³-hybridized carbons (Fsp3) is 0.789. The zero-order valence-corrected chi connectivity index (χ0v) is 18.0. The van der Waals surface area contributed by atoms with Crippen molar-refractivity contribution in [3.63, 3.8) is 0 Å². The third-order valence-electron chi connectivity index (χ3n) is 6.07. The molecule has 168 valence electrons. The Hall–Kier alpha value is -1.53. The van der Waals surface area contributed by atoms with Gasteiger partial charge in [0.05, 0.1) is 50.3 Å². The summed E-state index contributed by atoms with van der Waals surface area (Å²) in [6, 6.07) is -0.211. The van der Waals surface area contributed by atoms with Gasteiger partial charge in [-0.25, -0.2) is 13.4 Å². The van der Waals surface area contributed by atoms with Crippen molar-refractivity contribution in [2.24, 2.45) is 7.05 Å². The number of aliphatic hydroxyl groups excluding tert-OH is 1. The van der Waals surface area contributed by atoms with Gasteiger partial charge in [-0.15, -0.1) is 0 Å². The van der Waals surface area contributed by atoms with Crippen molar-refractivity contribution in [2.45, 2.75) is 73.9 Å². The number of aromatic nitrogens is 2. The van der Waals surface area contributed by atoms with Crippen molar-refractivity contribution in [1.82, 2.24) is 19.2 Å². The number of nitrogens with one attached hydrogen (secondary N) is 1. The van der Waals surface area contributed by atoms with Crippen LogP contribution in [0.2, 0.25) is 0 Å². The van der Waals surface area contributed by atoms with Gasteiger partial charge in [-0.1, -0.05) is 0 Å². The quantitative estimate of drug-likeness (QED) is 0.646. The summed E-state index contributed by atoms with van der Waals surface area (Å²) in [6.45, 7) is 0.0978. The molecule has 0 spiro atoms. The van der Waals surface area contributed by atoms with Gasteiger partial charge < -0.3 is 24.5 Å². The monoisotopic (exact) mass is 442 g/mol. The summed E-state index contributed by atoms with van der Waals surface area (Å²) >= 11 is 0. The molecule has 1 amide bonds. The number of sulfonamides is 1. The number of carbonyl (C=O) groups excluding carboxylic acids is 1. The molecule has 3 heterocycles. The normalized spacial score (nSPS) is 31.3. The number of fused-ring (bicyclic) bond motifs is 1. The molecular weight excluding hydrogens is 412 g/mol. The molecule has 4 atom stereocenters. The lowest BCUT2D eigenvalue weighted by molar-refractivity contribution is -0.147. The summed E-state index contributed by atoms with van der Waals surface area (Å²) in [7, 11) is -2.21. The largest absolute Gasteiger partial charge is 0.389 e. The maximum atomic E-state index is 13.3. The van der Waals surface area contributed by atoms with Crippen molar-refractivity contribution in [3.8, 4) is 0 Å². The first-order valence-electron chi connectivity index (χ1n) is 10.5. The Labute approximate surface area is 176 Å². The fourth-order valence-corrected chi connectivity index (χ4v) is 5.95. The predicted molar refractivity (Wildman–Crippen MR) is 106 cm³/mol. The second kappa shape index (κ2) is 8.91. The SMILES string of the molecule is Cn1cnc(S(=O)(=O)N2C[C@@H](O)COC[C@@H]3O[C@@H](CC(=O)NC4CCC4)CC[C@H]32)c1. The van der Waals surface area contributed by atoms with Crippen LogP contribution < -0.4 is 5.32 Å². The van der Waals surface area contributed by atoms with Crippen LogP contribution in [0.3, 0.4) is 0 Å². The van der Waals surface area contributed by atoms with Gasteiger partial charge in [0, 0.05) is 25.8 Å². The fourth-order valence-electron chi connectivity index (χ4n) is 4.26. The molecule has 1 aromatic heterocycles. The van der Waals surface area contributed by atoms with E-state index in [1.165, 1.54) is 16.8 Å². The minimum absolute atomic E-state index is 0.0215. The number of nitrogens with zero attached hydrogens (tertiary/aromatic N) is 3. The van der Waals surface area contributed by atoms with Crippen molar-refractivity contribution in [1.29, 1.82) is 0 Å². The van der Waals surface area contributed by atoms with Crippen LogP contribution in [0.4, 0.5) is 0 Å². The van der Waals surface area contributed by atoms with Crippen LogP contribution in [0.1, 0.15) is 38.5 Å². The van der Waals surface area contributed by atoms with E-state index >= 15 is 0 Å². The molecule has 0 bridgehead atoms. The van der Waals surface area contributed by atoms with E-state index in [1.807, 2.05) is 0 Å². The number of aliphatic hydroxyl groups is 1. The summed E-state index contributed by atoms with van der Waals surface area (Å²) in [4.78, 5) is 16.3. The zero-order valence-electron chi connectivity index (χ0n) is 17.1. The van der Waals surface area contributed by atoms with Gasteiger partial charge in [0.2, 0.25) is 5.91 Å². The van der Waals surface area contributed by atoms with Gasteiger partial charge in [0.25, 0.3) is 10.0 Å². The van der Waals surface area contributed by atoms with E-state index in [9.17, 15) is 18.3 Å². The van der Waals surface area contributed by atoms with Crippen LogP contribution in [0, 0.1) is 0 Å². The third-order valence-corrected chi connectivity index (χ3v) is 7.85. The second-order valence-corrected chi connectivity index (χ2v) is 10.3. The number of β-amino-alcohol motifs (C(OH)–C–C–N with tert-alkyl or cyclic N) is 1. The molecule has 0 unspecified atom stereocenters. The van der Waals surface area contributed by atoms with Crippen molar-refractivity contribution < 1.29 is 27.8 Å². The minimum Gasteiger partial charge on any atom is -0.389 e. The van der Waals surface area contributed by atoms with Gasteiger partial charge >= 0.3 is 0 Å². The first-order chi connectivity index (χ1) is 14.3. The summed E-state index contributed by atoms with van der Waals surface area (Å²) in [5, 5.41) is 13.2. The van der Waals surface area contributed by atoms with Crippen LogP contribution in [-0.4, -0.2) is 83.4 Å². The Morgan fingerprint density at radius 2 is 2.10 bits per heavy atom.